The van der Waals surface area contributed by atoms with Crippen molar-refractivity contribution >= 4 is 23.1 Å². The van der Waals surface area contributed by atoms with Gasteiger partial charge in [0, 0.05) is 11.4 Å². The Kier molecular flexibility index (Phi) is 5.78. The molecule has 0 radical (unpaired) electrons. The van der Waals surface area contributed by atoms with Crippen LogP contribution in [0.15, 0.2) is 54.7 Å². The van der Waals surface area contributed by atoms with Gasteiger partial charge in [-0.2, -0.15) is 10.1 Å². The highest BCUT2D eigenvalue weighted by atomic mass is 16.5. The lowest BCUT2D eigenvalue weighted by Crippen LogP contribution is -2.14. The van der Waals surface area contributed by atoms with Gasteiger partial charge in [0.25, 0.3) is 0 Å². The molecule has 0 aliphatic heterocycles. The SMILES string of the molecule is CC(C)Oc1ccc(Nc2cnnc(Nc3ccccc3C(C)(C)C)n2)cc1. The molecule has 6 heteroatoms. The lowest BCUT2D eigenvalue weighted by Gasteiger charge is -2.22. The Morgan fingerprint density at radius 1 is 0.929 bits per heavy atom. The van der Waals surface area contributed by atoms with Gasteiger partial charge in [-0.05, 0) is 55.2 Å². The van der Waals surface area contributed by atoms with Gasteiger partial charge in [-0.25, -0.2) is 0 Å². The predicted molar refractivity (Wildman–Crippen MR) is 114 cm³/mol. The molecule has 28 heavy (non-hydrogen) atoms. The van der Waals surface area contributed by atoms with Crippen molar-refractivity contribution in [1.29, 1.82) is 0 Å². The summed E-state index contributed by atoms with van der Waals surface area (Å²) in [5.41, 5.74) is 3.08. The van der Waals surface area contributed by atoms with Crippen LogP contribution in [0.3, 0.4) is 0 Å². The van der Waals surface area contributed by atoms with Crippen molar-refractivity contribution in [3.05, 3.63) is 60.3 Å². The van der Waals surface area contributed by atoms with Crippen LogP contribution in [0.1, 0.15) is 40.2 Å². The average molecular weight is 377 g/mol. The van der Waals surface area contributed by atoms with Gasteiger partial charge in [-0.1, -0.05) is 39.0 Å². The maximum Gasteiger partial charge on any atom is 0.249 e. The monoisotopic (exact) mass is 377 g/mol. The molecule has 3 rings (SSSR count). The Morgan fingerprint density at radius 2 is 1.64 bits per heavy atom. The third-order valence-electron chi connectivity index (χ3n) is 4.04. The van der Waals surface area contributed by atoms with Crippen LogP contribution < -0.4 is 15.4 Å². The molecule has 0 aliphatic carbocycles. The van der Waals surface area contributed by atoms with Crippen molar-refractivity contribution in [3.8, 4) is 5.75 Å². The van der Waals surface area contributed by atoms with Gasteiger partial charge in [-0.3, -0.25) is 0 Å². The molecule has 0 saturated carbocycles. The van der Waals surface area contributed by atoms with E-state index in [1.165, 1.54) is 5.56 Å². The number of para-hydroxylation sites is 1. The van der Waals surface area contributed by atoms with Gasteiger partial charge in [-0.15, -0.1) is 5.10 Å². The van der Waals surface area contributed by atoms with Crippen molar-refractivity contribution < 1.29 is 4.74 Å². The molecule has 1 heterocycles. The lowest BCUT2D eigenvalue weighted by atomic mass is 9.86. The summed E-state index contributed by atoms with van der Waals surface area (Å²) < 4.78 is 5.67. The molecule has 0 bridgehead atoms. The van der Waals surface area contributed by atoms with Crippen molar-refractivity contribution in [2.24, 2.45) is 0 Å². The third-order valence-corrected chi connectivity index (χ3v) is 4.04. The minimum atomic E-state index is 0.00663. The Morgan fingerprint density at radius 3 is 2.32 bits per heavy atom. The molecular formula is C22H27N5O. The normalized spacial score (nSPS) is 11.4. The molecule has 0 aliphatic rings. The second-order valence-electron chi connectivity index (χ2n) is 7.90. The van der Waals surface area contributed by atoms with E-state index in [1.807, 2.05) is 56.3 Å². The number of ether oxygens (including phenoxy) is 1. The summed E-state index contributed by atoms with van der Waals surface area (Å²) in [6.45, 7) is 10.5. The van der Waals surface area contributed by atoms with Crippen LogP contribution in [-0.4, -0.2) is 21.3 Å². The van der Waals surface area contributed by atoms with Crippen molar-refractivity contribution in [2.45, 2.75) is 46.1 Å². The zero-order valence-corrected chi connectivity index (χ0v) is 17.0. The zero-order valence-electron chi connectivity index (χ0n) is 17.0. The van der Waals surface area contributed by atoms with Gasteiger partial charge in [0.2, 0.25) is 5.95 Å². The first-order chi connectivity index (χ1) is 13.3. The molecule has 2 N–H and O–H groups in total. The lowest BCUT2D eigenvalue weighted by molar-refractivity contribution is 0.242. The summed E-state index contributed by atoms with van der Waals surface area (Å²) in [5, 5.41) is 14.7. The van der Waals surface area contributed by atoms with Gasteiger partial charge in [0.05, 0.1) is 12.3 Å². The van der Waals surface area contributed by atoms with E-state index in [0.29, 0.717) is 11.8 Å². The maximum atomic E-state index is 5.67. The standard InChI is InChI=1S/C22H27N5O/c1-15(2)28-17-12-10-16(11-13-17)24-20-14-23-27-21(26-20)25-19-9-7-6-8-18(19)22(3,4)5/h6-15H,1-5H3,(H2,24,25,26,27). The van der Waals surface area contributed by atoms with Gasteiger partial charge >= 0.3 is 0 Å². The van der Waals surface area contributed by atoms with Crippen LogP contribution in [0.4, 0.5) is 23.1 Å². The first-order valence-electron chi connectivity index (χ1n) is 9.41. The fourth-order valence-electron chi connectivity index (χ4n) is 2.82. The molecule has 1 aromatic heterocycles. The second kappa shape index (κ2) is 8.25. The largest absolute Gasteiger partial charge is 0.491 e. The average Bonchev–Trinajstić information content (AvgIpc) is 2.63. The molecular weight excluding hydrogens is 350 g/mol. The molecule has 0 unspecified atom stereocenters. The third kappa shape index (κ3) is 5.19. The highest BCUT2D eigenvalue weighted by Gasteiger charge is 2.18. The van der Waals surface area contributed by atoms with Gasteiger partial charge in [0.15, 0.2) is 5.82 Å². The van der Waals surface area contributed by atoms with Crippen LogP contribution in [0.25, 0.3) is 0 Å². The minimum Gasteiger partial charge on any atom is -0.491 e. The number of anilines is 4. The fraction of sp³-hybridized carbons (Fsp3) is 0.318. The van der Waals surface area contributed by atoms with Gasteiger partial charge < -0.3 is 15.4 Å². The Balaban J connectivity index is 1.75. The first kappa shape index (κ1) is 19.6. The molecule has 146 valence electrons. The summed E-state index contributed by atoms with van der Waals surface area (Å²) in [4.78, 5) is 4.53. The van der Waals surface area contributed by atoms with E-state index in [0.717, 1.165) is 17.1 Å². The molecule has 0 saturated heterocycles. The summed E-state index contributed by atoms with van der Waals surface area (Å²) in [6, 6.07) is 15.9. The highest BCUT2D eigenvalue weighted by Crippen LogP contribution is 2.30. The summed E-state index contributed by atoms with van der Waals surface area (Å²) in [6.07, 6.45) is 1.74. The fourth-order valence-corrected chi connectivity index (χ4v) is 2.82. The second-order valence-corrected chi connectivity index (χ2v) is 7.90. The number of rotatable bonds is 6. The number of nitrogens with zero attached hydrogens (tertiary/aromatic N) is 3. The van der Waals surface area contributed by atoms with E-state index in [-0.39, 0.29) is 11.5 Å². The van der Waals surface area contributed by atoms with Crippen LogP contribution in [0.2, 0.25) is 0 Å². The van der Waals surface area contributed by atoms with Crippen LogP contribution in [-0.2, 0) is 5.41 Å². The molecule has 0 atom stereocenters. The number of hydrogen-bond acceptors (Lipinski definition) is 6. The Bertz CT molecular complexity index is 917. The molecule has 3 aromatic rings. The van der Waals surface area contributed by atoms with Crippen molar-refractivity contribution in [2.75, 3.05) is 10.6 Å². The molecule has 0 amide bonds. The number of aromatic nitrogens is 3. The van der Waals surface area contributed by atoms with E-state index in [2.05, 4.69) is 52.7 Å². The maximum absolute atomic E-state index is 5.67. The molecule has 2 aromatic carbocycles. The van der Waals surface area contributed by atoms with E-state index in [1.54, 1.807) is 6.20 Å². The summed E-state index contributed by atoms with van der Waals surface area (Å²) in [7, 11) is 0. The summed E-state index contributed by atoms with van der Waals surface area (Å²) in [5.74, 6) is 1.90. The molecule has 0 fully saturated rings. The first-order valence-corrected chi connectivity index (χ1v) is 9.41. The number of nitrogens with one attached hydrogen (secondary N) is 2. The van der Waals surface area contributed by atoms with Crippen LogP contribution in [0, 0.1) is 0 Å². The van der Waals surface area contributed by atoms with E-state index in [4.69, 9.17) is 4.74 Å². The smallest absolute Gasteiger partial charge is 0.249 e. The van der Waals surface area contributed by atoms with Crippen LogP contribution in [0.5, 0.6) is 5.75 Å². The molecule has 0 spiro atoms. The van der Waals surface area contributed by atoms with E-state index in [9.17, 15) is 0 Å². The molecule has 6 nitrogen and oxygen atoms in total. The zero-order chi connectivity index (χ0) is 20.1. The Labute approximate surface area is 166 Å². The quantitative estimate of drug-likeness (QED) is 0.596. The topological polar surface area (TPSA) is 72.0 Å². The van der Waals surface area contributed by atoms with E-state index < -0.39 is 0 Å². The van der Waals surface area contributed by atoms with E-state index >= 15 is 0 Å². The minimum absolute atomic E-state index is 0.00663. The van der Waals surface area contributed by atoms with Gasteiger partial charge in [0.1, 0.15) is 5.75 Å². The number of hydrogen-bond donors (Lipinski definition) is 2. The predicted octanol–water partition coefficient (Wildman–Crippen LogP) is 5.44. The number of benzene rings is 2. The Hall–Kier alpha value is -3.15. The van der Waals surface area contributed by atoms with Crippen molar-refractivity contribution in [1.82, 2.24) is 15.2 Å². The van der Waals surface area contributed by atoms with Crippen molar-refractivity contribution in [3.63, 3.8) is 0 Å². The highest BCUT2D eigenvalue weighted by molar-refractivity contribution is 5.62. The summed E-state index contributed by atoms with van der Waals surface area (Å²) >= 11 is 0. The van der Waals surface area contributed by atoms with Crippen LogP contribution >= 0.6 is 0 Å².